The lowest BCUT2D eigenvalue weighted by molar-refractivity contribution is -0.143. The van der Waals surface area contributed by atoms with Gasteiger partial charge in [0.1, 0.15) is 17.7 Å². The van der Waals surface area contributed by atoms with Gasteiger partial charge in [0, 0.05) is 19.0 Å². The number of amides is 3. The molecule has 1 fully saturated rings. The molecule has 1 aliphatic rings. The topological polar surface area (TPSA) is 125 Å². The highest BCUT2D eigenvalue weighted by molar-refractivity contribution is 5.87. The van der Waals surface area contributed by atoms with E-state index in [2.05, 4.69) is 10.6 Å². The van der Waals surface area contributed by atoms with Crippen molar-refractivity contribution in [3.05, 3.63) is 0 Å². The molecule has 0 unspecified atom stereocenters. The maximum atomic E-state index is 13.1. The fourth-order valence-electron chi connectivity index (χ4n) is 3.71. The Morgan fingerprint density at radius 3 is 1.88 bits per heavy atom. The van der Waals surface area contributed by atoms with Crippen molar-refractivity contribution in [1.82, 2.24) is 15.5 Å². The summed E-state index contributed by atoms with van der Waals surface area (Å²) in [4.78, 5) is 50.9. The molecule has 2 atom stereocenters. The summed E-state index contributed by atoms with van der Waals surface area (Å²) < 4.78 is 5.30. The van der Waals surface area contributed by atoms with Crippen LogP contribution in [0.4, 0.5) is 4.79 Å². The molecule has 0 aliphatic carbocycles. The zero-order valence-electron chi connectivity index (χ0n) is 20.6. The average molecular weight is 456 g/mol. The first kappa shape index (κ1) is 27.7. The Balaban J connectivity index is 2.69. The fraction of sp³-hybridized carbons (Fsp3) is 0.826. The van der Waals surface area contributed by atoms with Crippen LogP contribution in [0.1, 0.15) is 74.1 Å². The Morgan fingerprint density at radius 1 is 0.938 bits per heavy atom. The van der Waals surface area contributed by atoms with E-state index in [0.717, 1.165) is 0 Å². The van der Waals surface area contributed by atoms with Gasteiger partial charge in [-0.1, -0.05) is 27.7 Å². The van der Waals surface area contributed by atoms with Crippen LogP contribution in [0.2, 0.25) is 0 Å². The lowest BCUT2D eigenvalue weighted by Crippen LogP contribution is -2.53. The number of rotatable bonds is 9. The molecule has 0 aromatic rings. The van der Waals surface area contributed by atoms with Gasteiger partial charge < -0.3 is 25.4 Å². The maximum Gasteiger partial charge on any atom is 0.408 e. The number of likely N-dealkylation sites (tertiary alicyclic amines) is 1. The van der Waals surface area contributed by atoms with Crippen LogP contribution in [-0.2, 0) is 19.1 Å². The highest BCUT2D eigenvalue weighted by atomic mass is 16.6. The van der Waals surface area contributed by atoms with Crippen LogP contribution in [0.3, 0.4) is 0 Å². The van der Waals surface area contributed by atoms with Gasteiger partial charge in [-0.05, 0) is 58.3 Å². The van der Waals surface area contributed by atoms with Crippen LogP contribution in [0.5, 0.6) is 0 Å². The van der Waals surface area contributed by atoms with Gasteiger partial charge in [0.2, 0.25) is 11.8 Å². The summed E-state index contributed by atoms with van der Waals surface area (Å²) in [6, 6.07) is -1.60. The molecule has 1 saturated heterocycles. The molecule has 0 aromatic carbocycles. The molecule has 0 radical (unpaired) electrons. The SMILES string of the molecule is CC(C)C[C@H](NC(=O)C1CCN(C(=O)[C@H](CC(C)C)NC(=O)OC(C)(C)C)CC1)C(=O)O. The molecule has 3 amide bonds. The molecule has 3 N–H and O–H groups in total. The third-order valence-electron chi connectivity index (χ3n) is 5.20. The van der Waals surface area contributed by atoms with E-state index >= 15 is 0 Å². The number of nitrogens with one attached hydrogen (secondary N) is 2. The van der Waals surface area contributed by atoms with Crippen LogP contribution in [0, 0.1) is 17.8 Å². The molecule has 1 rings (SSSR count). The Kier molecular flexibility index (Phi) is 10.4. The van der Waals surface area contributed by atoms with Gasteiger partial charge in [-0.25, -0.2) is 9.59 Å². The first-order valence-electron chi connectivity index (χ1n) is 11.5. The van der Waals surface area contributed by atoms with Crippen molar-refractivity contribution in [2.75, 3.05) is 13.1 Å². The molecule has 32 heavy (non-hydrogen) atoms. The van der Waals surface area contributed by atoms with Gasteiger partial charge in [-0.2, -0.15) is 0 Å². The molecular formula is C23H41N3O6. The summed E-state index contributed by atoms with van der Waals surface area (Å²) in [7, 11) is 0. The lowest BCUT2D eigenvalue weighted by Gasteiger charge is -2.35. The quantitative estimate of drug-likeness (QED) is 0.491. The lowest BCUT2D eigenvalue weighted by atomic mass is 9.93. The summed E-state index contributed by atoms with van der Waals surface area (Å²) in [6.45, 7) is 13.8. The third-order valence-corrected chi connectivity index (χ3v) is 5.20. The predicted molar refractivity (Wildman–Crippen MR) is 121 cm³/mol. The molecule has 9 heteroatoms. The number of carboxylic acids is 1. The number of ether oxygens (including phenoxy) is 1. The summed E-state index contributed by atoms with van der Waals surface area (Å²) in [5.74, 6) is -1.51. The number of alkyl carbamates (subject to hydrolysis) is 1. The first-order chi connectivity index (χ1) is 14.7. The monoisotopic (exact) mass is 455 g/mol. The summed E-state index contributed by atoms with van der Waals surface area (Å²) in [5, 5.41) is 14.7. The van der Waals surface area contributed by atoms with E-state index in [1.807, 2.05) is 27.7 Å². The number of nitrogens with zero attached hydrogens (tertiary/aromatic N) is 1. The first-order valence-corrected chi connectivity index (χ1v) is 11.5. The smallest absolute Gasteiger partial charge is 0.408 e. The zero-order valence-corrected chi connectivity index (χ0v) is 20.6. The molecule has 1 heterocycles. The van der Waals surface area contributed by atoms with E-state index in [1.54, 1.807) is 25.7 Å². The minimum atomic E-state index is -1.04. The van der Waals surface area contributed by atoms with Gasteiger partial charge in [0.15, 0.2) is 0 Å². The Morgan fingerprint density at radius 2 is 1.44 bits per heavy atom. The van der Waals surface area contributed by atoms with Crippen LogP contribution in [0.15, 0.2) is 0 Å². The molecule has 0 aromatic heterocycles. The summed E-state index contributed by atoms with van der Waals surface area (Å²) >= 11 is 0. The van der Waals surface area contributed by atoms with Crippen LogP contribution >= 0.6 is 0 Å². The van der Waals surface area contributed by atoms with Gasteiger partial charge in [0.25, 0.3) is 0 Å². The summed E-state index contributed by atoms with van der Waals surface area (Å²) in [6.07, 6.45) is 1.12. The standard InChI is InChI=1S/C23H41N3O6/c1-14(2)12-17(25-22(31)32-23(5,6)7)20(28)26-10-8-16(9-11-26)19(27)24-18(21(29)30)13-15(3)4/h14-18H,8-13H2,1-7H3,(H,24,27)(H,25,31)(H,29,30)/t17-,18-/m0/s1. The number of hydrogen-bond acceptors (Lipinski definition) is 5. The highest BCUT2D eigenvalue weighted by Crippen LogP contribution is 2.20. The van der Waals surface area contributed by atoms with Crippen molar-refractivity contribution in [2.24, 2.45) is 17.8 Å². The number of carbonyl (C=O) groups excluding carboxylic acids is 3. The van der Waals surface area contributed by atoms with E-state index in [-0.39, 0.29) is 29.6 Å². The number of piperidine rings is 1. The minimum absolute atomic E-state index is 0.145. The zero-order chi connectivity index (χ0) is 24.6. The van der Waals surface area contributed by atoms with Crippen molar-refractivity contribution >= 4 is 23.9 Å². The minimum Gasteiger partial charge on any atom is -0.480 e. The van der Waals surface area contributed by atoms with E-state index < -0.39 is 29.7 Å². The normalized spacial score (nSPS) is 17.1. The van der Waals surface area contributed by atoms with Crippen molar-refractivity contribution in [1.29, 1.82) is 0 Å². The van der Waals surface area contributed by atoms with Crippen LogP contribution < -0.4 is 10.6 Å². The van der Waals surface area contributed by atoms with Crippen molar-refractivity contribution in [3.8, 4) is 0 Å². The van der Waals surface area contributed by atoms with Crippen LogP contribution in [0.25, 0.3) is 0 Å². The Hall–Kier alpha value is -2.32. The Bertz CT molecular complexity index is 663. The van der Waals surface area contributed by atoms with Crippen LogP contribution in [-0.4, -0.2) is 64.7 Å². The molecular weight excluding hydrogens is 414 g/mol. The average Bonchev–Trinajstić information content (AvgIpc) is 2.64. The van der Waals surface area contributed by atoms with E-state index in [4.69, 9.17) is 4.74 Å². The number of carboxylic acid groups (broad SMARTS) is 1. The molecule has 0 spiro atoms. The molecule has 9 nitrogen and oxygen atoms in total. The largest absolute Gasteiger partial charge is 0.480 e. The second kappa shape index (κ2) is 12.1. The van der Waals surface area contributed by atoms with Crippen molar-refractivity contribution < 1.29 is 29.0 Å². The predicted octanol–water partition coefficient (Wildman–Crippen LogP) is 2.78. The van der Waals surface area contributed by atoms with E-state index in [0.29, 0.717) is 38.8 Å². The van der Waals surface area contributed by atoms with E-state index in [9.17, 15) is 24.3 Å². The van der Waals surface area contributed by atoms with Gasteiger partial charge in [0.05, 0.1) is 0 Å². The van der Waals surface area contributed by atoms with Crippen molar-refractivity contribution in [3.63, 3.8) is 0 Å². The highest BCUT2D eigenvalue weighted by Gasteiger charge is 2.34. The van der Waals surface area contributed by atoms with Crippen molar-refractivity contribution in [2.45, 2.75) is 91.8 Å². The third kappa shape index (κ3) is 9.87. The second-order valence-electron chi connectivity index (χ2n) is 10.5. The number of aliphatic carboxylic acids is 1. The number of carbonyl (C=O) groups is 4. The Labute approximate surface area is 191 Å². The van der Waals surface area contributed by atoms with E-state index in [1.165, 1.54) is 0 Å². The fourth-order valence-corrected chi connectivity index (χ4v) is 3.71. The van der Waals surface area contributed by atoms with Gasteiger partial charge in [-0.3, -0.25) is 9.59 Å². The molecule has 184 valence electrons. The molecule has 0 bridgehead atoms. The summed E-state index contributed by atoms with van der Waals surface area (Å²) in [5.41, 5.74) is -0.662. The molecule has 0 saturated carbocycles. The van der Waals surface area contributed by atoms with Gasteiger partial charge >= 0.3 is 12.1 Å². The van der Waals surface area contributed by atoms with Gasteiger partial charge in [-0.15, -0.1) is 0 Å². The number of hydrogen-bond donors (Lipinski definition) is 3. The second-order valence-corrected chi connectivity index (χ2v) is 10.5. The molecule has 1 aliphatic heterocycles. The maximum absolute atomic E-state index is 13.1.